The molecule has 0 aliphatic heterocycles. The first-order valence-electron chi connectivity index (χ1n) is 6.02. The lowest BCUT2D eigenvalue weighted by molar-refractivity contribution is 0.775. The van der Waals surface area contributed by atoms with E-state index in [0.29, 0.717) is 11.0 Å². The molecule has 0 N–H and O–H groups in total. The van der Waals surface area contributed by atoms with Gasteiger partial charge in [-0.05, 0) is 30.9 Å². The van der Waals surface area contributed by atoms with Crippen molar-refractivity contribution in [2.75, 3.05) is 0 Å². The summed E-state index contributed by atoms with van der Waals surface area (Å²) in [4.78, 5) is 0. The third kappa shape index (κ3) is 1.87. The highest BCUT2D eigenvalue weighted by Crippen LogP contribution is 2.54. The van der Waals surface area contributed by atoms with Crippen molar-refractivity contribution < 1.29 is 0 Å². The van der Waals surface area contributed by atoms with Crippen LogP contribution in [0.2, 0.25) is 24.7 Å². The van der Waals surface area contributed by atoms with E-state index in [1.165, 1.54) is 0 Å². The lowest BCUT2D eigenvalue weighted by Gasteiger charge is -2.37. The molecule has 0 nitrogen and oxygen atoms in total. The van der Waals surface area contributed by atoms with E-state index in [9.17, 15) is 0 Å². The Kier molecular flexibility index (Phi) is 3.08. The fourth-order valence-corrected chi connectivity index (χ4v) is 4.41. The molecule has 0 heterocycles. The van der Waals surface area contributed by atoms with Crippen molar-refractivity contribution in [2.45, 2.75) is 59.3 Å². The minimum Gasteiger partial charge on any atom is -0.0736 e. The fourth-order valence-electron chi connectivity index (χ4n) is 2.51. The van der Waals surface area contributed by atoms with Crippen LogP contribution in [-0.4, -0.2) is 8.07 Å². The molecule has 1 aliphatic carbocycles. The second kappa shape index (κ2) is 3.62. The van der Waals surface area contributed by atoms with Gasteiger partial charge in [0.1, 0.15) is 0 Å². The summed E-state index contributed by atoms with van der Waals surface area (Å²) in [6.45, 7) is 19.1. The molecule has 1 aliphatic rings. The van der Waals surface area contributed by atoms with Crippen LogP contribution < -0.4 is 0 Å². The van der Waals surface area contributed by atoms with Crippen LogP contribution in [0.3, 0.4) is 0 Å². The quantitative estimate of drug-likeness (QED) is 0.576. The molecular formula is C14H26Si. The summed E-state index contributed by atoms with van der Waals surface area (Å²) < 4.78 is 0. The van der Waals surface area contributed by atoms with Crippen molar-refractivity contribution in [3.05, 3.63) is 22.8 Å². The molecular weight excluding hydrogens is 196 g/mol. The fraction of sp³-hybridized carbons (Fsp3) is 0.714. The predicted octanol–water partition coefficient (Wildman–Crippen LogP) is 5.02. The molecule has 0 radical (unpaired) electrons. The third-order valence-corrected chi connectivity index (χ3v) is 8.03. The summed E-state index contributed by atoms with van der Waals surface area (Å²) in [7, 11) is -1.18. The minimum atomic E-state index is -1.18. The average Bonchev–Trinajstić information content (AvgIpc) is 2.29. The number of hydrogen-bond acceptors (Lipinski definition) is 0. The number of allylic oxidation sites excluding steroid dienone is 4. The standard InChI is InChI=1S/C14H26Si/c1-10(2)13-9-14(5,15(6,7)8)12(4)11(13)3/h9-10H,1-8H3/t14-/m1/s1. The Morgan fingerprint density at radius 3 is 1.80 bits per heavy atom. The maximum Gasteiger partial charge on any atom is 0.0597 e. The molecule has 0 amide bonds. The Hall–Kier alpha value is -0.303. The van der Waals surface area contributed by atoms with Gasteiger partial charge in [0, 0.05) is 5.04 Å². The monoisotopic (exact) mass is 222 g/mol. The van der Waals surface area contributed by atoms with Crippen molar-refractivity contribution in [3.8, 4) is 0 Å². The minimum absolute atomic E-state index is 0.372. The molecule has 1 rings (SSSR count). The Balaban J connectivity index is 3.29. The highest BCUT2D eigenvalue weighted by Gasteiger charge is 2.43. The molecule has 0 unspecified atom stereocenters. The summed E-state index contributed by atoms with van der Waals surface area (Å²) in [6.07, 6.45) is 2.56. The summed E-state index contributed by atoms with van der Waals surface area (Å²) in [5, 5.41) is 0.372. The molecule has 15 heavy (non-hydrogen) atoms. The van der Waals surface area contributed by atoms with E-state index >= 15 is 0 Å². The second-order valence-corrected chi connectivity index (χ2v) is 12.0. The van der Waals surface area contributed by atoms with E-state index in [0.717, 1.165) is 0 Å². The Bertz CT molecular complexity index is 326. The first kappa shape index (κ1) is 12.8. The maximum absolute atomic E-state index is 2.56. The highest BCUT2D eigenvalue weighted by molar-refractivity contribution is 6.80. The van der Waals surface area contributed by atoms with Crippen molar-refractivity contribution in [1.29, 1.82) is 0 Å². The van der Waals surface area contributed by atoms with E-state index in [1.54, 1.807) is 16.7 Å². The first-order chi connectivity index (χ1) is 6.61. The molecule has 0 aromatic rings. The van der Waals surface area contributed by atoms with Gasteiger partial charge >= 0.3 is 0 Å². The molecule has 1 atom stereocenters. The van der Waals surface area contributed by atoms with Crippen LogP contribution in [0.1, 0.15) is 34.6 Å². The van der Waals surface area contributed by atoms with Crippen molar-refractivity contribution >= 4 is 8.07 Å². The van der Waals surface area contributed by atoms with Crippen LogP contribution in [-0.2, 0) is 0 Å². The normalized spacial score (nSPS) is 27.7. The third-order valence-electron chi connectivity index (χ3n) is 4.40. The van der Waals surface area contributed by atoms with E-state index < -0.39 is 8.07 Å². The van der Waals surface area contributed by atoms with Gasteiger partial charge < -0.3 is 0 Å². The molecule has 1 heteroatoms. The van der Waals surface area contributed by atoms with Gasteiger partial charge in [-0.1, -0.05) is 52.1 Å². The smallest absolute Gasteiger partial charge is 0.0597 e. The summed E-state index contributed by atoms with van der Waals surface area (Å²) in [5.74, 6) is 0.665. The predicted molar refractivity (Wildman–Crippen MR) is 73.0 cm³/mol. The SMILES string of the molecule is CC1=C(C)[C@](C)([Si](C)(C)C)C=C1C(C)C. The molecule has 0 spiro atoms. The summed E-state index contributed by atoms with van der Waals surface area (Å²) >= 11 is 0. The van der Waals surface area contributed by atoms with Gasteiger partial charge in [-0.25, -0.2) is 0 Å². The first-order valence-corrected chi connectivity index (χ1v) is 9.52. The number of hydrogen-bond donors (Lipinski definition) is 0. The topological polar surface area (TPSA) is 0 Å². The van der Waals surface area contributed by atoms with Crippen molar-refractivity contribution in [2.24, 2.45) is 5.92 Å². The van der Waals surface area contributed by atoms with Crippen LogP contribution in [0.15, 0.2) is 22.8 Å². The lowest BCUT2D eigenvalue weighted by Crippen LogP contribution is -2.36. The Labute approximate surface area is 96.5 Å². The molecule has 86 valence electrons. The van der Waals surface area contributed by atoms with Gasteiger partial charge in [-0.2, -0.15) is 0 Å². The molecule has 0 fully saturated rings. The zero-order valence-corrected chi connectivity index (χ0v) is 12.7. The van der Waals surface area contributed by atoms with E-state index in [1.807, 2.05) is 0 Å². The summed E-state index contributed by atoms with van der Waals surface area (Å²) in [5.41, 5.74) is 4.75. The van der Waals surface area contributed by atoms with Gasteiger partial charge in [0.25, 0.3) is 0 Å². The Morgan fingerprint density at radius 2 is 1.60 bits per heavy atom. The van der Waals surface area contributed by atoms with E-state index in [2.05, 4.69) is 60.3 Å². The van der Waals surface area contributed by atoms with Crippen LogP contribution in [0.4, 0.5) is 0 Å². The van der Waals surface area contributed by atoms with Gasteiger partial charge in [-0.15, -0.1) is 0 Å². The lowest BCUT2D eigenvalue weighted by atomic mass is 9.98. The highest BCUT2D eigenvalue weighted by atomic mass is 28.3. The zero-order valence-electron chi connectivity index (χ0n) is 11.7. The van der Waals surface area contributed by atoms with Gasteiger partial charge in [-0.3, -0.25) is 0 Å². The molecule has 0 aromatic heterocycles. The van der Waals surface area contributed by atoms with Gasteiger partial charge in [0.15, 0.2) is 0 Å². The van der Waals surface area contributed by atoms with Crippen molar-refractivity contribution in [3.63, 3.8) is 0 Å². The molecule has 0 bridgehead atoms. The number of rotatable bonds is 2. The molecule has 0 saturated heterocycles. The van der Waals surface area contributed by atoms with E-state index in [-0.39, 0.29) is 0 Å². The van der Waals surface area contributed by atoms with Gasteiger partial charge in [0.2, 0.25) is 0 Å². The summed E-state index contributed by atoms with van der Waals surface area (Å²) in [6, 6.07) is 0. The Morgan fingerprint density at radius 1 is 1.13 bits per heavy atom. The largest absolute Gasteiger partial charge is 0.0736 e. The van der Waals surface area contributed by atoms with Crippen molar-refractivity contribution in [1.82, 2.24) is 0 Å². The van der Waals surface area contributed by atoms with Crippen LogP contribution in [0.25, 0.3) is 0 Å². The molecule has 0 aromatic carbocycles. The van der Waals surface area contributed by atoms with Crippen LogP contribution in [0, 0.1) is 5.92 Å². The van der Waals surface area contributed by atoms with E-state index in [4.69, 9.17) is 0 Å². The second-order valence-electron chi connectivity index (χ2n) is 6.46. The van der Waals surface area contributed by atoms with Crippen LogP contribution >= 0.6 is 0 Å². The zero-order chi connectivity index (χ0) is 12.0. The molecule has 0 saturated carbocycles. The maximum atomic E-state index is 2.56. The van der Waals surface area contributed by atoms with Gasteiger partial charge in [0.05, 0.1) is 8.07 Å². The average molecular weight is 222 g/mol. The van der Waals surface area contributed by atoms with Crippen LogP contribution in [0.5, 0.6) is 0 Å².